The number of furan rings is 1. The maximum Gasteiger partial charge on any atom is 0.117 e. The largest absolute Gasteiger partial charge is 0.468 e. The zero-order chi connectivity index (χ0) is 11.0. The van der Waals surface area contributed by atoms with E-state index in [1.165, 1.54) is 25.7 Å². The number of fused-ring (bicyclic) bond motifs is 2. The molecule has 2 aliphatic rings. The standard InChI is InChI=1S/C13H20N2O/c1-15-11-4-5-12(15)8-10(7-11)14-9-13-3-2-6-16-13/h2-3,6,10-12,14H,4-5,7-9H2,1H3. The quantitative estimate of drug-likeness (QED) is 0.844. The van der Waals surface area contributed by atoms with Crippen molar-refractivity contribution in [2.75, 3.05) is 7.05 Å². The van der Waals surface area contributed by atoms with Crippen molar-refractivity contribution in [2.45, 2.75) is 50.4 Å². The maximum atomic E-state index is 5.34. The first kappa shape index (κ1) is 10.4. The van der Waals surface area contributed by atoms with Gasteiger partial charge in [-0.15, -0.1) is 0 Å². The summed E-state index contributed by atoms with van der Waals surface area (Å²) in [4.78, 5) is 2.57. The summed E-state index contributed by atoms with van der Waals surface area (Å²) in [5, 5.41) is 3.62. The molecule has 3 rings (SSSR count). The Morgan fingerprint density at radius 2 is 2.12 bits per heavy atom. The molecule has 1 aromatic rings. The summed E-state index contributed by atoms with van der Waals surface area (Å²) in [6, 6.07) is 6.30. The van der Waals surface area contributed by atoms with E-state index in [0.29, 0.717) is 6.04 Å². The zero-order valence-corrected chi connectivity index (χ0v) is 9.86. The van der Waals surface area contributed by atoms with Crippen LogP contribution in [0.4, 0.5) is 0 Å². The number of hydrogen-bond acceptors (Lipinski definition) is 3. The molecule has 0 saturated carbocycles. The van der Waals surface area contributed by atoms with E-state index in [4.69, 9.17) is 4.42 Å². The average molecular weight is 220 g/mol. The fourth-order valence-electron chi connectivity index (χ4n) is 3.24. The average Bonchev–Trinajstić information content (AvgIpc) is 2.84. The highest BCUT2D eigenvalue weighted by atomic mass is 16.3. The van der Waals surface area contributed by atoms with Crippen LogP contribution < -0.4 is 5.32 Å². The third kappa shape index (κ3) is 1.89. The van der Waals surface area contributed by atoms with Gasteiger partial charge in [-0.2, -0.15) is 0 Å². The minimum Gasteiger partial charge on any atom is -0.468 e. The molecule has 0 radical (unpaired) electrons. The van der Waals surface area contributed by atoms with Gasteiger partial charge in [0, 0.05) is 18.1 Å². The monoisotopic (exact) mass is 220 g/mol. The van der Waals surface area contributed by atoms with Gasteiger partial charge in [-0.05, 0) is 44.9 Å². The third-order valence-corrected chi connectivity index (χ3v) is 4.24. The second-order valence-corrected chi connectivity index (χ2v) is 5.18. The van der Waals surface area contributed by atoms with Crippen LogP contribution in [0.25, 0.3) is 0 Å². The smallest absolute Gasteiger partial charge is 0.117 e. The summed E-state index contributed by atoms with van der Waals surface area (Å²) in [7, 11) is 2.28. The Morgan fingerprint density at radius 1 is 1.38 bits per heavy atom. The van der Waals surface area contributed by atoms with E-state index < -0.39 is 0 Å². The molecule has 2 aliphatic heterocycles. The molecule has 3 nitrogen and oxygen atoms in total. The van der Waals surface area contributed by atoms with Gasteiger partial charge in [0.05, 0.1) is 12.8 Å². The zero-order valence-electron chi connectivity index (χ0n) is 9.86. The predicted molar refractivity (Wildman–Crippen MR) is 63.1 cm³/mol. The topological polar surface area (TPSA) is 28.4 Å². The van der Waals surface area contributed by atoms with Gasteiger partial charge in [0.15, 0.2) is 0 Å². The molecule has 0 amide bonds. The van der Waals surface area contributed by atoms with Crippen molar-refractivity contribution in [3.63, 3.8) is 0 Å². The highest BCUT2D eigenvalue weighted by Crippen LogP contribution is 2.34. The first-order chi connectivity index (χ1) is 7.83. The van der Waals surface area contributed by atoms with Crippen molar-refractivity contribution in [3.8, 4) is 0 Å². The van der Waals surface area contributed by atoms with Gasteiger partial charge in [-0.1, -0.05) is 0 Å². The predicted octanol–water partition coefficient (Wildman–Crippen LogP) is 1.99. The molecule has 3 heterocycles. The molecule has 88 valence electrons. The molecule has 2 atom stereocenters. The second-order valence-electron chi connectivity index (χ2n) is 5.18. The molecule has 16 heavy (non-hydrogen) atoms. The molecule has 2 fully saturated rings. The molecule has 1 N–H and O–H groups in total. The van der Waals surface area contributed by atoms with Crippen molar-refractivity contribution < 1.29 is 4.42 Å². The fourth-order valence-corrected chi connectivity index (χ4v) is 3.24. The van der Waals surface area contributed by atoms with E-state index in [0.717, 1.165) is 24.4 Å². The second kappa shape index (κ2) is 4.22. The Bertz CT molecular complexity index is 322. The summed E-state index contributed by atoms with van der Waals surface area (Å²) < 4.78 is 5.34. The molecule has 0 aromatic carbocycles. The Kier molecular flexibility index (Phi) is 2.74. The lowest BCUT2D eigenvalue weighted by atomic mass is 9.98. The molecule has 2 bridgehead atoms. The van der Waals surface area contributed by atoms with Crippen LogP contribution in [-0.2, 0) is 6.54 Å². The van der Waals surface area contributed by atoms with Crippen LogP contribution in [0.5, 0.6) is 0 Å². The third-order valence-electron chi connectivity index (χ3n) is 4.24. The van der Waals surface area contributed by atoms with Crippen LogP contribution >= 0.6 is 0 Å². The van der Waals surface area contributed by atoms with Crippen molar-refractivity contribution in [3.05, 3.63) is 24.2 Å². The van der Waals surface area contributed by atoms with Gasteiger partial charge in [0.25, 0.3) is 0 Å². The SMILES string of the molecule is CN1C2CCC1CC(NCc1ccco1)C2. The maximum absolute atomic E-state index is 5.34. The fraction of sp³-hybridized carbons (Fsp3) is 0.692. The normalized spacial score (nSPS) is 34.4. The number of piperidine rings is 1. The van der Waals surface area contributed by atoms with Crippen molar-refractivity contribution in [1.82, 2.24) is 10.2 Å². The van der Waals surface area contributed by atoms with Crippen LogP contribution in [0.15, 0.2) is 22.8 Å². The summed E-state index contributed by atoms with van der Waals surface area (Å²) in [5.74, 6) is 1.05. The molecule has 3 heteroatoms. The lowest BCUT2D eigenvalue weighted by Gasteiger charge is -2.36. The summed E-state index contributed by atoms with van der Waals surface area (Å²) >= 11 is 0. The first-order valence-electron chi connectivity index (χ1n) is 6.30. The van der Waals surface area contributed by atoms with Gasteiger partial charge in [-0.25, -0.2) is 0 Å². The lowest BCUT2D eigenvalue weighted by Crippen LogP contribution is -2.46. The van der Waals surface area contributed by atoms with Crippen LogP contribution in [0.2, 0.25) is 0 Å². The molecular weight excluding hydrogens is 200 g/mol. The van der Waals surface area contributed by atoms with E-state index >= 15 is 0 Å². The van der Waals surface area contributed by atoms with E-state index in [2.05, 4.69) is 17.3 Å². The molecule has 2 saturated heterocycles. The summed E-state index contributed by atoms with van der Waals surface area (Å²) in [6.45, 7) is 0.876. The number of nitrogens with one attached hydrogen (secondary N) is 1. The summed E-state index contributed by atoms with van der Waals surface area (Å²) in [5.41, 5.74) is 0. The van der Waals surface area contributed by atoms with Gasteiger partial charge >= 0.3 is 0 Å². The Labute approximate surface area is 96.8 Å². The highest BCUT2D eigenvalue weighted by Gasteiger charge is 2.37. The Balaban J connectivity index is 1.54. The number of rotatable bonds is 3. The van der Waals surface area contributed by atoms with Crippen molar-refractivity contribution >= 4 is 0 Å². The Hall–Kier alpha value is -0.800. The Morgan fingerprint density at radius 3 is 2.75 bits per heavy atom. The summed E-state index contributed by atoms with van der Waals surface area (Å²) in [6.07, 6.45) is 7.12. The molecule has 1 aromatic heterocycles. The van der Waals surface area contributed by atoms with Gasteiger partial charge in [-0.3, -0.25) is 0 Å². The van der Waals surface area contributed by atoms with E-state index in [1.54, 1.807) is 6.26 Å². The van der Waals surface area contributed by atoms with E-state index in [1.807, 2.05) is 12.1 Å². The van der Waals surface area contributed by atoms with E-state index in [-0.39, 0.29) is 0 Å². The van der Waals surface area contributed by atoms with Crippen LogP contribution in [0, 0.1) is 0 Å². The van der Waals surface area contributed by atoms with Crippen LogP contribution in [0.1, 0.15) is 31.4 Å². The molecule has 2 unspecified atom stereocenters. The van der Waals surface area contributed by atoms with Crippen LogP contribution in [0.3, 0.4) is 0 Å². The minimum atomic E-state index is 0.679. The van der Waals surface area contributed by atoms with E-state index in [9.17, 15) is 0 Å². The first-order valence-corrected chi connectivity index (χ1v) is 6.30. The van der Waals surface area contributed by atoms with Crippen LogP contribution in [-0.4, -0.2) is 30.1 Å². The molecule has 0 aliphatic carbocycles. The lowest BCUT2D eigenvalue weighted by molar-refractivity contribution is 0.147. The highest BCUT2D eigenvalue weighted by molar-refractivity contribution is 5.00. The van der Waals surface area contributed by atoms with Crippen molar-refractivity contribution in [2.24, 2.45) is 0 Å². The molecular formula is C13H20N2O. The van der Waals surface area contributed by atoms with Crippen molar-refractivity contribution in [1.29, 1.82) is 0 Å². The van der Waals surface area contributed by atoms with Gasteiger partial charge in [0.2, 0.25) is 0 Å². The molecule has 0 spiro atoms. The number of nitrogens with zero attached hydrogens (tertiary/aromatic N) is 1. The van der Waals surface area contributed by atoms with Gasteiger partial charge < -0.3 is 14.6 Å². The minimum absolute atomic E-state index is 0.679. The van der Waals surface area contributed by atoms with Gasteiger partial charge in [0.1, 0.15) is 5.76 Å². The number of hydrogen-bond donors (Lipinski definition) is 1.